The largest absolute Gasteiger partial charge is 0.382 e. The van der Waals surface area contributed by atoms with E-state index in [9.17, 15) is 9.18 Å². The maximum absolute atomic E-state index is 13.6. The van der Waals surface area contributed by atoms with Crippen LogP contribution in [0.2, 0.25) is 0 Å². The Balaban J connectivity index is 2.00. The van der Waals surface area contributed by atoms with Crippen LogP contribution < -0.4 is 5.32 Å². The zero-order chi connectivity index (χ0) is 13.8. The standard InChI is InChI=1S/C14H17FN2O2/c1-3-9(2)16-14(18)13-8-12(17-19-13)10-6-4-5-7-11(10)15/h4-7,9,13H,3,8H2,1-2H3,(H,16,18)/t9-,13+/m0/s1. The Morgan fingerprint density at radius 2 is 2.32 bits per heavy atom. The van der Waals surface area contributed by atoms with Crippen molar-refractivity contribution in [3.63, 3.8) is 0 Å². The molecule has 0 radical (unpaired) electrons. The van der Waals surface area contributed by atoms with Gasteiger partial charge in [-0.2, -0.15) is 0 Å². The summed E-state index contributed by atoms with van der Waals surface area (Å²) < 4.78 is 13.6. The number of carbonyl (C=O) groups is 1. The fourth-order valence-electron chi connectivity index (χ4n) is 1.81. The zero-order valence-corrected chi connectivity index (χ0v) is 11.0. The van der Waals surface area contributed by atoms with Gasteiger partial charge in [-0.05, 0) is 19.4 Å². The highest BCUT2D eigenvalue weighted by molar-refractivity contribution is 6.04. The van der Waals surface area contributed by atoms with Crippen molar-refractivity contribution in [2.24, 2.45) is 5.16 Å². The van der Waals surface area contributed by atoms with Crippen LogP contribution >= 0.6 is 0 Å². The van der Waals surface area contributed by atoms with Gasteiger partial charge in [0.2, 0.25) is 6.10 Å². The Hall–Kier alpha value is -1.91. The van der Waals surface area contributed by atoms with Crippen LogP contribution in [0.1, 0.15) is 32.3 Å². The molecule has 2 rings (SSSR count). The maximum atomic E-state index is 13.6. The van der Waals surface area contributed by atoms with Crippen LogP contribution in [0.15, 0.2) is 29.4 Å². The van der Waals surface area contributed by atoms with E-state index in [1.807, 2.05) is 13.8 Å². The fourth-order valence-corrected chi connectivity index (χ4v) is 1.81. The number of carbonyl (C=O) groups excluding carboxylic acids is 1. The van der Waals surface area contributed by atoms with Gasteiger partial charge in [0, 0.05) is 18.0 Å². The highest BCUT2D eigenvalue weighted by Gasteiger charge is 2.30. The van der Waals surface area contributed by atoms with Crippen molar-refractivity contribution in [3.8, 4) is 0 Å². The van der Waals surface area contributed by atoms with Crippen molar-refractivity contribution in [1.82, 2.24) is 5.32 Å². The quantitative estimate of drug-likeness (QED) is 0.906. The van der Waals surface area contributed by atoms with Crippen molar-refractivity contribution in [3.05, 3.63) is 35.6 Å². The van der Waals surface area contributed by atoms with Crippen molar-refractivity contribution < 1.29 is 14.0 Å². The number of amides is 1. The lowest BCUT2D eigenvalue weighted by atomic mass is 10.0. The maximum Gasteiger partial charge on any atom is 0.264 e. The molecule has 19 heavy (non-hydrogen) atoms. The molecule has 0 bridgehead atoms. The van der Waals surface area contributed by atoms with Crippen molar-refractivity contribution in [2.45, 2.75) is 38.8 Å². The lowest BCUT2D eigenvalue weighted by Crippen LogP contribution is -2.39. The molecule has 0 aromatic heterocycles. The molecule has 2 atom stereocenters. The average molecular weight is 264 g/mol. The third-order valence-electron chi connectivity index (χ3n) is 3.15. The van der Waals surface area contributed by atoms with E-state index >= 15 is 0 Å². The lowest BCUT2D eigenvalue weighted by molar-refractivity contribution is -0.131. The summed E-state index contributed by atoms with van der Waals surface area (Å²) in [5.41, 5.74) is 0.865. The number of hydrogen-bond acceptors (Lipinski definition) is 3. The number of oxime groups is 1. The zero-order valence-electron chi connectivity index (χ0n) is 11.0. The number of nitrogens with one attached hydrogen (secondary N) is 1. The van der Waals surface area contributed by atoms with Gasteiger partial charge in [0.05, 0.1) is 5.71 Å². The minimum atomic E-state index is -0.663. The molecule has 1 aliphatic rings. The third-order valence-corrected chi connectivity index (χ3v) is 3.15. The second-order valence-electron chi connectivity index (χ2n) is 4.63. The molecule has 0 aliphatic carbocycles. The molecule has 0 saturated carbocycles. The van der Waals surface area contributed by atoms with Gasteiger partial charge in [0.1, 0.15) is 5.82 Å². The average Bonchev–Trinajstić information content (AvgIpc) is 2.88. The third kappa shape index (κ3) is 3.10. The smallest absolute Gasteiger partial charge is 0.264 e. The molecular weight excluding hydrogens is 247 g/mol. The summed E-state index contributed by atoms with van der Waals surface area (Å²) in [6.45, 7) is 3.91. The molecule has 1 amide bonds. The summed E-state index contributed by atoms with van der Waals surface area (Å²) in [7, 11) is 0. The van der Waals surface area contributed by atoms with Crippen LogP contribution in [0.5, 0.6) is 0 Å². The highest BCUT2D eigenvalue weighted by Crippen LogP contribution is 2.19. The van der Waals surface area contributed by atoms with E-state index in [0.717, 1.165) is 6.42 Å². The minimum absolute atomic E-state index is 0.0913. The van der Waals surface area contributed by atoms with Crippen LogP contribution in [0, 0.1) is 5.82 Å². The van der Waals surface area contributed by atoms with E-state index in [-0.39, 0.29) is 17.8 Å². The van der Waals surface area contributed by atoms with Crippen molar-refractivity contribution in [1.29, 1.82) is 0 Å². The van der Waals surface area contributed by atoms with E-state index in [0.29, 0.717) is 17.7 Å². The summed E-state index contributed by atoms with van der Waals surface area (Å²) in [5.74, 6) is -0.558. The first-order valence-corrected chi connectivity index (χ1v) is 6.39. The molecule has 1 aliphatic heterocycles. The Morgan fingerprint density at radius 1 is 1.58 bits per heavy atom. The van der Waals surface area contributed by atoms with Crippen LogP contribution in [0.25, 0.3) is 0 Å². The predicted octanol–water partition coefficient (Wildman–Crippen LogP) is 2.23. The van der Waals surface area contributed by atoms with Gasteiger partial charge in [-0.1, -0.05) is 30.3 Å². The lowest BCUT2D eigenvalue weighted by Gasteiger charge is -2.14. The molecule has 1 aromatic rings. The van der Waals surface area contributed by atoms with Crippen LogP contribution in [0.3, 0.4) is 0 Å². The number of halogens is 1. The molecule has 0 unspecified atom stereocenters. The van der Waals surface area contributed by atoms with Gasteiger partial charge in [-0.15, -0.1) is 0 Å². The summed E-state index contributed by atoms with van der Waals surface area (Å²) in [6.07, 6.45) is 0.478. The van der Waals surface area contributed by atoms with E-state index in [2.05, 4.69) is 10.5 Å². The molecule has 0 fully saturated rings. The number of hydrogen-bond donors (Lipinski definition) is 1. The van der Waals surface area contributed by atoms with Crippen molar-refractivity contribution in [2.75, 3.05) is 0 Å². The Bertz CT molecular complexity index is 502. The van der Waals surface area contributed by atoms with E-state index in [4.69, 9.17) is 4.84 Å². The van der Waals surface area contributed by atoms with Gasteiger partial charge < -0.3 is 10.2 Å². The first-order valence-electron chi connectivity index (χ1n) is 6.39. The van der Waals surface area contributed by atoms with E-state index in [1.54, 1.807) is 18.2 Å². The van der Waals surface area contributed by atoms with Gasteiger partial charge in [-0.3, -0.25) is 4.79 Å². The molecule has 5 heteroatoms. The second-order valence-corrected chi connectivity index (χ2v) is 4.63. The Labute approximate surface area is 111 Å². The topological polar surface area (TPSA) is 50.7 Å². The molecule has 0 spiro atoms. The Morgan fingerprint density at radius 3 is 3.00 bits per heavy atom. The van der Waals surface area contributed by atoms with E-state index in [1.165, 1.54) is 6.07 Å². The molecule has 1 heterocycles. The normalized spacial score (nSPS) is 19.5. The summed E-state index contributed by atoms with van der Waals surface area (Å²) in [6, 6.07) is 6.43. The molecule has 0 saturated heterocycles. The fraction of sp³-hybridized carbons (Fsp3) is 0.429. The van der Waals surface area contributed by atoms with Crippen LogP contribution in [0.4, 0.5) is 4.39 Å². The van der Waals surface area contributed by atoms with Crippen LogP contribution in [-0.2, 0) is 9.63 Å². The van der Waals surface area contributed by atoms with Gasteiger partial charge >= 0.3 is 0 Å². The predicted molar refractivity (Wildman–Crippen MR) is 70.3 cm³/mol. The number of rotatable bonds is 4. The van der Waals surface area contributed by atoms with Crippen LogP contribution in [-0.4, -0.2) is 23.8 Å². The minimum Gasteiger partial charge on any atom is -0.382 e. The van der Waals surface area contributed by atoms with E-state index < -0.39 is 6.10 Å². The SMILES string of the molecule is CC[C@H](C)NC(=O)[C@H]1CC(c2ccccc2F)=NO1. The summed E-state index contributed by atoms with van der Waals surface area (Å²) in [4.78, 5) is 17.0. The molecule has 4 nitrogen and oxygen atoms in total. The molecule has 1 N–H and O–H groups in total. The molecule has 102 valence electrons. The van der Waals surface area contributed by atoms with Gasteiger partial charge in [0.25, 0.3) is 5.91 Å². The highest BCUT2D eigenvalue weighted by atomic mass is 19.1. The Kier molecular flexibility index (Phi) is 4.14. The summed E-state index contributed by atoms with van der Waals surface area (Å²) in [5, 5.41) is 6.65. The van der Waals surface area contributed by atoms with Gasteiger partial charge in [-0.25, -0.2) is 4.39 Å². The summed E-state index contributed by atoms with van der Waals surface area (Å²) >= 11 is 0. The second kappa shape index (κ2) is 5.82. The van der Waals surface area contributed by atoms with Crippen molar-refractivity contribution >= 4 is 11.6 Å². The first-order chi connectivity index (χ1) is 9.11. The number of benzene rings is 1. The number of nitrogens with zero attached hydrogens (tertiary/aromatic N) is 1. The molecular formula is C14H17FN2O2. The monoisotopic (exact) mass is 264 g/mol. The molecule has 1 aromatic carbocycles. The van der Waals surface area contributed by atoms with Gasteiger partial charge in [0.15, 0.2) is 0 Å². The first kappa shape index (κ1) is 13.5.